The molecule has 0 bridgehead atoms. The standard InChI is InChI=1S/C33H29F3N4OS/c34-33(35,36)42-22-8-4-7-20(17-22)26-13-11-23-27(39-26)14-12-25-30(23)38-15-16-40-28-18-21(32(37)41)9-10-24(28)29(31(25)40)19-5-2-1-3-6-19/h4,7-14,17-19,38H,1-3,5-6,15-16H2,(H2,37,41). The van der Waals surface area contributed by atoms with Gasteiger partial charge in [-0.1, -0.05) is 37.5 Å². The zero-order valence-corrected chi connectivity index (χ0v) is 23.6. The Labute approximate surface area is 245 Å². The van der Waals surface area contributed by atoms with E-state index in [0.29, 0.717) is 29.3 Å². The number of alkyl halides is 3. The molecule has 1 fully saturated rings. The quantitative estimate of drug-likeness (QED) is 0.207. The van der Waals surface area contributed by atoms with Crippen LogP contribution in [0.3, 0.4) is 0 Å². The lowest BCUT2D eigenvalue weighted by molar-refractivity contribution is -0.0328. The molecule has 3 aromatic carbocycles. The van der Waals surface area contributed by atoms with E-state index in [1.165, 1.54) is 48.0 Å². The molecule has 3 N–H and O–H groups in total. The van der Waals surface area contributed by atoms with Crippen LogP contribution >= 0.6 is 11.8 Å². The Balaban J connectivity index is 1.39. The molecule has 5 nitrogen and oxygen atoms in total. The molecule has 5 aromatic rings. The average Bonchev–Trinajstić information content (AvgIpc) is 3.17. The van der Waals surface area contributed by atoms with Crippen LogP contribution in [0.5, 0.6) is 0 Å². The van der Waals surface area contributed by atoms with E-state index in [2.05, 4.69) is 22.0 Å². The second kappa shape index (κ2) is 10.4. The van der Waals surface area contributed by atoms with Crippen LogP contribution in [-0.2, 0) is 6.54 Å². The number of nitrogens with two attached hydrogens (primary N) is 1. The number of primary amides is 1. The van der Waals surface area contributed by atoms with E-state index in [4.69, 9.17) is 10.7 Å². The molecular weight excluding hydrogens is 557 g/mol. The third kappa shape index (κ3) is 4.79. The summed E-state index contributed by atoms with van der Waals surface area (Å²) in [4.78, 5) is 17.1. The number of anilines is 1. The summed E-state index contributed by atoms with van der Waals surface area (Å²) in [5, 5.41) is 5.79. The van der Waals surface area contributed by atoms with Gasteiger partial charge in [0.2, 0.25) is 5.91 Å². The summed E-state index contributed by atoms with van der Waals surface area (Å²) in [5.41, 5.74) is 9.50. The second-order valence-corrected chi connectivity index (χ2v) is 12.2. The van der Waals surface area contributed by atoms with E-state index >= 15 is 0 Å². The lowest BCUT2D eigenvalue weighted by atomic mass is 9.81. The van der Waals surface area contributed by atoms with Gasteiger partial charge in [0.25, 0.3) is 0 Å². The molecule has 9 heteroatoms. The van der Waals surface area contributed by atoms with E-state index in [-0.39, 0.29) is 16.7 Å². The van der Waals surface area contributed by atoms with E-state index in [9.17, 15) is 18.0 Å². The van der Waals surface area contributed by atoms with Gasteiger partial charge in [-0.3, -0.25) is 4.79 Å². The third-order valence-corrected chi connectivity index (χ3v) is 9.25. The van der Waals surface area contributed by atoms with Gasteiger partial charge in [0.05, 0.1) is 22.6 Å². The maximum atomic E-state index is 13.0. The number of aromatic nitrogens is 2. The van der Waals surface area contributed by atoms with E-state index in [0.717, 1.165) is 47.1 Å². The van der Waals surface area contributed by atoms with Crippen molar-refractivity contribution in [2.75, 3.05) is 11.9 Å². The van der Waals surface area contributed by atoms with Gasteiger partial charge in [-0.05, 0) is 84.6 Å². The Morgan fingerprint density at radius 3 is 2.57 bits per heavy atom. The smallest absolute Gasteiger partial charge is 0.382 e. The Kier molecular flexibility index (Phi) is 6.65. The van der Waals surface area contributed by atoms with Gasteiger partial charge >= 0.3 is 5.51 Å². The first kappa shape index (κ1) is 26.9. The highest BCUT2D eigenvalue weighted by molar-refractivity contribution is 8.00. The van der Waals surface area contributed by atoms with Crippen LogP contribution in [0.4, 0.5) is 18.9 Å². The van der Waals surface area contributed by atoms with Crippen molar-refractivity contribution >= 4 is 45.2 Å². The molecule has 0 spiro atoms. The molecule has 2 aromatic heterocycles. The highest BCUT2D eigenvalue weighted by atomic mass is 32.2. The second-order valence-electron chi connectivity index (χ2n) is 11.1. The predicted octanol–water partition coefficient (Wildman–Crippen LogP) is 8.71. The summed E-state index contributed by atoms with van der Waals surface area (Å²) in [6.45, 7) is 1.42. The number of nitrogens with one attached hydrogen (secondary N) is 1. The maximum Gasteiger partial charge on any atom is 0.446 e. The van der Waals surface area contributed by atoms with Gasteiger partial charge in [0, 0.05) is 51.0 Å². The fourth-order valence-electron chi connectivity index (χ4n) is 6.75. The molecule has 0 atom stereocenters. The zero-order chi connectivity index (χ0) is 29.0. The molecule has 0 unspecified atom stereocenters. The maximum absolute atomic E-state index is 13.0. The lowest BCUT2D eigenvalue weighted by Gasteiger charge is -2.24. The predicted molar refractivity (Wildman–Crippen MR) is 163 cm³/mol. The van der Waals surface area contributed by atoms with Crippen molar-refractivity contribution in [3.05, 3.63) is 77.9 Å². The number of hydrogen-bond donors (Lipinski definition) is 2. The fourth-order valence-corrected chi connectivity index (χ4v) is 7.35. The van der Waals surface area contributed by atoms with Crippen molar-refractivity contribution < 1.29 is 18.0 Å². The van der Waals surface area contributed by atoms with Crippen LogP contribution < -0.4 is 11.1 Å². The normalized spacial score (nSPS) is 15.7. The van der Waals surface area contributed by atoms with Gasteiger partial charge in [-0.25, -0.2) is 4.98 Å². The zero-order valence-electron chi connectivity index (χ0n) is 22.8. The van der Waals surface area contributed by atoms with E-state index in [1.54, 1.807) is 12.1 Å². The Bertz CT molecular complexity index is 1860. The summed E-state index contributed by atoms with van der Waals surface area (Å²) in [6, 6.07) is 20.2. The largest absolute Gasteiger partial charge is 0.446 e. The number of nitrogens with zero attached hydrogens (tertiary/aromatic N) is 2. The van der Waals surface area contributed by atoms with Crippen LogP contribution in [0.25, 0.3) is 44.3 Å². The number of rotatable bonds is 4. The Morgan fingerprint density at radius 1 is 0.976 bits per heavy atom. The van der Waals surface area contributed by atoms with Gasteiger partial charge in [0.1, 0.15) is 0 Å². The first-order valence-corrected chi connectivity index (χ1v) is 15.1. The number of halogens is 3. The summed E-state index contributed by atoms with van der Waals surface area (Å²) in [7, 11) is 0. The first-order valence-electron chi connectivity index (χ1n) is 14.3. The summed E-state index contributed by atoms with van der Waals surface area (Å²) in [6.07, 6.45) is 5.93. The molecule has 1 aliphatic heterocycles. The van der Waals surface area contributed by atoms with Crippen LogP contribution in [-0.4, -0.2) is 27.5 Å². The van der Waals surface area contributed by atoms with Crippen LogP contribution in [0.15, 0.2) is 71.6 Å². The highest BCUT2D eigenvalue weighted by Crippen LogP contribution is 2.48. The fraction of sp³-hybridized carbons (Fsp3) is 0.273. The molecule has 42 heavy (non-hydrogen) atoms. The SMILES string of the molecule is NC(=O)c1ccc2c(C3CCCCC3)c3n(c2c1)CCNc1c-3ccc2nc(-c3cccc(SC(F)(F)F)c3)ccc12. The molecule has 214 valence electrons. The Morgan fingerprint density at radius 2 is 1.79 bits per heavy atom. The summed E-state index contributed by atoms with van der Waals surface area (Å²) >= 11 is -0.121. The summed E-state index contributed by atoms with van der Waals surface area (Å²) in [5.74, 6) is -0.00450. The topological polar surface area (TPSA) is 72.9 Å². The van der Waals surface area contributed by atoms with Crippen molar-refractivity contribution in [1.82, 2.24) is 9.55 Å². The molecule has 0 radical (unpaired) electrons. The van der Waals surface area contributed by atoms with Crippen molar-refractivity contribution in [3.8, 4) is 22.5 Å². The van der Waals surface area contributed by atoms with Crippen LogP contribution in [0.1, 0.15) is 53.9 Å². The molecule has 3 heterocycles. The molecule has 7 rings (SSSR count). The molecular formula is C33H29F3N4OS. The van der Waals surface area contributed by atoms with Crippen molar-refractivity contribution in [2.45, 2.75) is 55.0 Å². The number of fused-ring (bicyclic) bond motifs is 7. The van der Waals surface area contributed by atoms with Gasteiger partial charge < -0.3 is 15.6 Å². The van der Waals surface area contributed by atoms with Gasteiger partial charge in [0.15, 0.2) is 0 Å². The van der Waals surface area contributed by atoms with Gasteiger partial charge in [-0.2, -0.15) is 13.2 Å². The number of pyridine rings is 1. The van der Waals surface area contributed by atoms with E-state index < -0.39 is 11.4 Å². The summed E-state index contributed by atoms with van der Waals surface area (Å²) < 4.78 is 41.2. The first-order chi connectivity index (χ1) is 20.3. The molecule has 1 saturated carbocycles. The molecule has 0 saturated heterocycles. The Hall–Kier alpha value is -3.98. The number of benzene rings is 3. The minimum atomic E-state index is -4.35. The molecule has 1 aliphatic carbocycles. The third-order valence-electron chi connectivity index (χ3n) is 8.53. The van der Waals surface area contributed by atoms with Crippen LogP contribution in [0.2, 0.25) is 0 Å². The lowest BCUT2D eigenvalue weighted by Crippen LogP contribution is -2.11. The average molecular weight is 587 g/mol. The number of amides is 1. The highest BCUT2D eigenvalue weighted by Gasteiger charge is 2.31. The van der Waals surface area contributed by atoms with Crippen LogP contribution in [0, 0.1) is 0 Å². The molecule has 1 amide bonds. The van der Waals surface area contributed by atoms with Crippen molar-refractivity contribution in [1.29, 1.82) is 0 Å². The number of carbonyl (C=O) groups excluding carboxylic acids is 1. The molecule has 2 aliphatic rings. The number of thioether (sulfide) groups is 1. The van der Waals surface area contributed by atoms with Gasteiger partial charge in [-0.15, -0.1) is 0 Å². The number of carbonyl (C=O) groups is 1. The minimum Gasteiger partial charge on any atom is -0.382 e. The van der Waals surface area contributed by atoms with Crippen molar-refractivity contribution in [2.24, 2.45) is 5.73 Å². The minimum absolute atomic E-state index is 0.121. The van der Waals surface area contributed by atoms with E-state index in [1.807, 2.05) is 30.3 Å². The van der Waals surface area contributed by atoms with Crippen molar-refractivity contribution in [3.63, 3.8) is 0 Å². The monoisotopic (exact) mass is 586 g/mol. The number of hydrogen-bond acceptors (Lipinski definition) is 4.